The molecule has 26 heavy (non-hydrogen) atoms. The first-order valence-electron chi connectivity index (χ1n) is 7.72. The Morgan fingerprint density at radius 2 is 2.00 bits per heavy atom. The van der Waals surface area contributed by atoms with Gasteiger partial charge in [0.25, 0.3) is 11.6 Å². The lowest BCUT2D eigenvalue weighted by molar-refractivity contribution is -0.384. The van der Waals surface area contributed by atoms with Gasteiger partial charge >= 0.3 is 0 Å². The van der Waals surface area contributed by atoms with Gasteiger partial charge in [0.1, 0.15) is 5.02 Å². The lowest BCUT2D eigenvalue weighted by atomic mass is 10.1. The Morgan fingerprint density at radius 1 is 1.23 bits per heavy atom. The fourth-order valence-corrected chi connectivity index (χ4v) is 2.32. The van der Waals surface area contributed by atoms with E-state index in [4.69, 9.17) is 11.6 Å². The summed E-state index contributed by atoms with van der Waals surface area (Å²) in [6, 6.07) is 10.8. The molecule has 2 aromatic carbocycles. The van der Waals surface area contributed by atoms with Crippen LogP contribution in [0, 0.1) is 10.1 Å². The first-order valence-corrected chi connectivity index (χ1v) is 8.09. The highest BCUT2D eigenvalue weighted by atomic mass is 35.5. The zero-order chi connectivity index (χ0) is 19.1. The molecule has 0 unspecified atom stereocenters. The van der Waals surface area contributed by atoms with Gasteiger partial charge < -0.3 is 10.6 Å². The molecule has 2 N–H and O–H groups in total. The third kappa shape index (κ3) is 5.15. The standard InChI is InChI=1S/C18H16ClN3O4/c1-2-20-18(24)13-4-3-5-14(11-13)21-17(23)9-7-12-6-8-15(19)16(10-12)22(25)26/h3-11H,2H2,1H3,(H,20,24)(H,21,23)/b9-7+. The lowest BCUT2D eigenvalue weighted by Crippen LogP contribution is -2.22. The molecule has 0 aliphatic rings. The number of nitro benzene ring substituents is 1. The third-order valence-corrected chi connectivity index (χ3v) is 3.64. The third-order valence-electron chi connectivity index (χ3n) is 3.32. The van der Waals surface area contributed by atoms with Crippen molar-refractivity contribution in [1.29, 1.82) is 0 Å². The van der Waals surface area contributed by atoms with Crippen LogP contribution in [-0.4, -0.2) is 23.3 Å². The van der Waals surface area contributed by atoms with Crippen molar-refractivity contribution in [3.05, 3.63) is 74.8 Å². The lowest BCUT2D eigenvalue weighted by Gasteiger charge is -2.06. The van der Waals surface area contributed by atoms with Crippen molar-refractivity contribution in [3.63, 3.8) is 0 Å². The van der Waals surface area contributed by atoms with Gasteiger partial charge in [0.05, 0.1) is 4.92 Å². The maximum Gasteiger partial charge on any atom is 0.288 e. The predicted molar refractivity (Wildman–Crippen MR) is 100 cm³/mol. The molecule has 134 valence electrons. The van der Waals surface area contributed by atoms with Crippen LogP contribution in [-0.2, 0) is 4.79 Å². The average Bonchev–Trinajstić information content (AvgIpc) is 2.61. The summed E-state index contributed by atoms with van der Waals surface area (Å²) in [4.78, 5) is 34.1. The van der Waals surface area contributed by atoms with E-state index in [0.29, 0.717) is 23.4 Å². The zero-order valence-corrected chi connectivity index (χ0v) is 14.6. The molecule has 0 aliphatic carbocycles. The van der Waals surface area contributed by atoms with Gasteiger partial charge in [-0.25, -0.2) is 0 Å². The SMILES string of the molecule is CCNC(=O)c1cccc(NC(=O)/C=C/c2ccc(Cl)c([N+](=O)[O-])c2)c1. The van der Waals surface area contributed by atoms with Crippen molar-refractivity contribution in [3.8, 4) is 0 Å². The van der Waals surface area contributed by atoms with Crippen molar-refractivity contribution in [1.82, 2.24) is 5.32 Å². The molecule has 0 heterocycles. The topological polar surface area (TPSA) is 101 Å². The summed E-state index contributed by atoms with van der Waals surface area (Å²) in [5, 5.41) is 16.2. The number of benzene rings is 2. The maximum atomic E-state index is 12.0. The van der Waals surface area contributed by atoms with Crippen molar-refractivity contribution in [2.75, 3.05) is 11.9 Å². The van der Waals surface area contributed by atoms with Gasteiger partial charge in [-0.15, -0.1) is 0 Å². The summed E-state index contributed by atoms with van der Waals surface area (Å²) in [7, 11) is 0. The Bertz CT molecular complexity index is 880. The van der Waals surface area contributed by atoms with Crippen LogP contribution in [0.15, 0.2) is 48.5 Å². The molecular weight excluding hydrogens is 358 g/mol. The number of halogens is 1. The fraction of sp³-hybridized carbons (Fsp3) is 0.111. The molecule has 0 saturated heterocycles. The van der Waals surface area contributed by atoms with E-state index in [-0.39, 0.29) is 16.6 Å². The number of rotatable bonds is 6. The Kier molecular flexibility index (Phi) is 6.46. The molecule has 8 heteroatoms. The van der Waals surface area contributed by atoms with E-state index in [1.165, 1.54) is 24.3 Å². The second kappa shape index (κ2) is 8.77. The number of anilines is 1. The van der Waals surface area contributed by atoms with Crippen LogP contribution in [0.4, 0.5) is 11.4 Å². The molecule has 7 nitrogen and oxygen atoms in total. The van der Waals surface area contributed by atoms with Gasteiger partial charge in [-0.1, -0.05) is 23.7 Å². The molecular formula is C18H16ClN3O4. The van der Waals surface area contributed by atoms with Crippen LogP contribution in [0.5, 0.6) is 0 Å². The summed E-state index contributed by atoms with van der Waals surface area (Å²) >= 11 is 5.75. The van der Waals surface area contributed by atoms with Crippen molar-refractivity contribution in [2.24, 2.45) is 0 Å². The first kappa shape index (κ1) is 19.1. The molecule has 0 bridgehead atoms. The van der Waals surface area contributed by atoms with Gasteiger partial charge in [0.15, 0.2) is 0 Å². The summed E-state index contributed by atoms with van der Waals surface area (Å²) in [6.45, 7) is 2.32. The van der Waals surface area contributed by atoms with Crippen LogP contribution in [0.1, 0.15) is 22.8 Å². The number of carbonyl (C=O) groups is 2. The van der Waals surface area contributed by atoms with Gasteiger partial charge in [0, 0.05) is 29.9 Å². The van der Waals surface area contributed by atoms with Crippen LogP contribution >= 0.6 is 11.6 Å². The van der Waals surface area contributed by atoms with E-state index < -0.39 is 10.8 Å². The minimum Gasteiger partial charge on any atom is -0.352 e. The van der Waals surface area contributed by atoms with Crippen molar-refractivity contribution >= 4 is 40.9 Å². The number of nitrogens with zero attached hydrogens (tertiary/aromatic N) is 1. The number of nitrogens with one attached hydrogen (secondary N) is 2. The Labute approximate surface area is 154 Å². The molecule has 0 saturated carbocycles. The maximum absolute atomic E-state index is 12.0. The van der Waals surface area contributed by atoms with E-state index in [9.17, 15) is 19.7 Å². The summed E-state index contributed by atoms with van der Waals surface area (Å²) in [5.74, 6) is -0.664. The monoisotopic (exact) mass is 373 g/mol. The largest absolute Gasteiger partial charge is 0.352 e. The van der Waals surface area contributed by atoms with Gasteiger partial charge in [-0.05, 0) is 42.8 Å². The first-order chi connectivity index (χ1) is 12.4. The highest BCUT2D eigenvalue weighted by Crippen LogP contribution is 2.25. The smallest absolute Gasteiger partial charge is 0.288 e. The van der Waals surface area contributed by atoms with Crippen LogP contribution in [0.2, 0.25) is 5.02 Å². The predicted octanol–water partition coefficient (Wildman–Crippen LogP) is 3.65. The molecule has 2 aromatic rings. The molecule has 2 amide bonds. The summed E-state index contributed by atoms with van der Waals surface area (Å²) < 4.78 is 0. The second-order valence-corrected chi connectivity index (χ2v) is 5.64. The molecule has 0 radical (unpaired) electrons. The Balaban J connectivity index is 2.08. The normalized spacial score (nSPS) is 10.5. The number of hydrogen-bond donors (Lipinski definition) is 2. The van der Waals surface area contributed by atoms with E-state index in [2.05, 4.69) is 10.6 Å². The van der Waals surface area contributed by atoms with Gasteiger partial charge in [0.2, 0.25) is 5.91 Å². The minimum absolute atomic E-state index is 0.0266. The van der Waals surface area contributed by atoms with E-state index in [0.717, 1.165) is 0 Å². The fourth-order valence-electron chi connectivity index (χ4n) is 2.13. The van der Waals surface area contributed by atoms with E-state index >= 15 is 0 Å². The van der Waals surface area contributed by atoms with Crippen molar-refractivity contribution < 1.29 is 14.5 Å². The molecule has 0 aliphatic heterocycles. The Hall–Kier alpha value is -3.19. The molecule has 2 rings (SSSR count). The van der Waals surface area contributed by atoms with Gasteiger partial charge in [-0.2, -0.15) is 0 Å². The van der Waals surface area contributed by atoms with Crippen LogP contribution in [0.25, 0.3) is 6.08 Å². The van der Waals surface area contributed by atoms with Crippen LogP contribution < -0.4 is 10.6 Å². The van der Waals surface area contributed by atoms with E-state index in [1.807, 2.05) is 6.92 Å². The van der Waals surface area contributed by atoms with E-state index in [1.54, 1.807) is 30.3 Å². The quantitative estimate of drug-likeness (QED) is 0.458. The average molecular weight is 374 g/mol. The number of nitro groups is 1. The molecule has 0 atom stereocenters. The van der Waals surface area contributed by atoms with Crippen LogP contribution in [0.3, 0.4) is 0 Å². The number of carbonyl (C=O) groups excluding carboxylic acids is 2. The minimum atomic E-state index is -0.591. The molecule has 0 aromatic heterocycles. The highest BCUT2D eigenvalue weighted by Gasteiger charge is 2.12. The van der Waals surface area contributed by atoms with Gasteiger partial charge in [-0.3, -0.25) is 19.7 Å². The molecule has 0 spiro atoms. The number of hydrogen-bond acceptors (Lipinski definition) is 4. The Morgan fingerprint density at radius 3 is 2.69 bits per heavy atom. The molecule has 0 fully saturated rings. The highest BCUT2D eigenvalue weighted by molar-refractivity contribution is 6.32. The zero-order valence-electron chi connectivity index (χ0n) is 13.9. The van der Waals surface area contributed by atoms with Crippen molar-refractivity contribution in [2.45, 2.75) is 6.92 Å². The summed E-state index contributed by atoms with van der Waals surface area (Å²) in [5.41, 5.74) is 1.13. The summed E-state index contributed by atoms with van der Waals surface area (Å²) in [6.07, 6.45) is 2.68. The second-order valence-electron chi connectivity index (χ2n) is 5.23. The number of amides is 2.